The van der Waals surface area contributed by atoms with E-state index < -0.39 is 11.6 Å². The van der Waals surface area contributed by atoms with Crippen LogP contribution < -0.4 is 5.32 Å². The lowest BCUT2D eigenvalue weighted by molar-refractivity contribution is 0.472. The zero-order valence-electron chi connectivity index (χ0n) is 11.9. The number of hydrogen-bond donors (Lipinski definition) is 1. The van der Waals surface area contributed by atoms with Crippen molar-refractivity contribution in [3.05, 3.63) is 34.6 Å². The van der Waals surface area contributed by atoms with Crippen LogP contribution in [0.2, 0.25) is 5.02 Å². The van der Waals surface area contributed by atoms with Gasteiger partial charge < -0.3 is 5.32 Å². The van der Waals surface area contributed by atoms with E-state index in [-0.39, 0.29) is 16.8 Å². The summed E-state index contributed by atoms with van der Waals surface area (Å²) in [6, 6.07) is 1.57. The van der Waals surface area contributed by atoms with Gasteiger partial charge in [0.25, 0.3) is 0 Å². The lowest BCUT2D eigenvalue weighted by Gasteiger charge is -2.15. The minimum absolute atomic E-state index is 0.0590. The molecule has 0 aliphatic heterocycles. The number of benzene rings is 1. The molecule has 0 aliphatic carbocycles. The molecule has 1 aromatic carbocycles. The van der Waals surface area contributed by atoms with Crippen molar-refractivity contribution in [2.45, 2.75) is 26.8 Å². The first-order chi connectivity index (χ1) is 9.90. The monoisotopic (exact) mass is 315 g/mol. The summed E-state index contributed by atoms with van der Waals surface area (Å²) >= 11 is 5.91. The minimum atomic E-state index is -0.815. The van der Waals surface area contributed by atoms with E-state index in [1.54, 1.807) is 0 Å². The first kappa shape index (κ1) is 15.8. The first-order valence-electron chi connectivity index (χ1n) is 6.56. The van der Waals surface area contributed by atoms with Gasteiger partial charge in [-0.3, -0.25) is 0 Å². The van der Waals surface area contributed by atoms with Gasteiger partial charge in [-0.2, -0.15) is 4.68 Å². The van der Waals surface area contributed by atoms with Crippen LogP contribution in [-0.2, 0) is 0 Å². The molecule has 2 rings (SSSR count). The third-order valence-electron chi connectivity index (χ3n) is 2.91. The molecule has 0 fully saturated rings. The number of aromatic nitrogens is 4. The number of nitrogens with zero attached hydrogens (tertiary/aromatic N) is 4. The van der Waals surface area contributed by atoms with Gasteiger partial charge in [0.2, 0.25) is 0 Å². The molecule has 114 valence electrons. The van der Waals surface area contributed by atoms with Crippen molar-refractivity contribution in [3.63, 3.8) is 0 Å². The molecule has 1 N–H and O–H groups in total. The van der Waals surface area contributed by atoms with Gasteiger partial charge in [-0.05, 0) is 35.9 Å². The van der Waals surface area contributed by atoms with Gasteiger partial charge in [0.05, 0.1) is 11.1 Å². The zero-order chi connectivity index (χ0) is 15.6. The van der Waals surface area contributed by atoms with Crippen molar-refractivity contribution in [3.8, 4) is 5.69 Å². The molecule has 2 aromatic rings. The summed E-state index contributed by atoms with van der Waals surface area (Å²) in [5.41, 5.74) is -0.0590. The maximum absolute atomic E-state index is 14.0. The van der Waals surface area contributed by atoms with Crippen molar-refractivity contribution in [2.24, 2.45) is 5.92 Å². The highest BCUT2D eigenvalue weighted by molar-refractivity contribution is 6.32. The van der Waals surface area contributed by atoms with Gasteiger partial charge in [0, 0.05) is 6.07 Å². The van der Waals surface area contributed by atoms with E-state index in [2.05, 4.69) is 34.7 Å². The van der Waals surface area contributed by atoms with Gasteiger partial charge in [-0.15, -0.1) is 5.10 Å². The van der Waals surface area contributed by atoms with Crippen molar-refractivity contribution < 1.29 is 8.78 Å². The van der Waals surface area contributed by atoms with Crippen molar-refractivity contribution in [1.82, 2.24) is 25.5 Å². The standard InChI is InChI=1S/C13H16ClF2N5/c1-7(2)6-17-8(3)13-18-19-20-21(13)12-10(14)4-9(15)5-11(12)16/h4-5,7-8,17H,6H2,1-3H3. The normalized spacial score (nSPS) is 12.9. The average molecular weight is 316 g/mol. The van der Waals surface area contributed by atoms with E-state index in [9.17, 15) is 8.78 Å². The molecule has 8 heteroatoms. The van der Waals surface area contributed by atoms with Crippen LogP contribution in [0.4, 0.5) is 8.78 Å². The Morgan fingerprint density at radius 2 is 2.00 bits per heavy atom. The summed E-state index contributed by atoms with van der Waals surface area (Å²) in [5, 5.41) is 14.4. The SMILES string of the molecule is CC(C)CNC(C)c1nnnn1-c1c(F)cc(F)cc1Cl. The second-order valence-corrected chi connectivity index (χ2v) is 5.60. The summed E-state index contributed by atoms with van der Waals surface area (Å²) < 4.78 is 28.3. The second kappa shape index (κ2) is 6.44. The third-order valence-corrected chi connectivity index (χ3v) is 3.19. The molecule has 5 nitrogen and oxygen atoms in total. The average Bonchev–Trinajstić information content (AvgIpc) is 2.83. The van der Waals surface area contributed by atoms with Gasteiger partial charge in [-0.25, -0.2) is 8.78 Å². The van der Waals surface area contributed by atoms with Crippen LogP contribution >= 0.6 is 11.6 Å². The van der Waals surface area contributed by atoms with Crippen LogP contribution in [0.25, 0.3) is 5.69 Å². The molecule has 1 unspecified atom stereocenters. The fraction of sp³-hybridized carbons (Fsp3) is 0.462. The molecular weight excluding hydrogens is 300 g/mol. The van der Waals surface area contributed by atoms with E-state index in [0.29, 0.717) is 11.7 Å². The van der Waals surface area contributed by atoms with Crippen LogP contribution in [0.15, 0.2) is 12.1 Å². The van der Waals surface area contributed by atoms with Gasteiger partial charge in [-0.1, -0.05) is 25.4 Å². The van der Waals surface area contributed by atoms with Gasteiger partial charge >= 0.3 is 0 Å². The molecule has 0 aliphatic rings. The highest BCUT2D eigenvalue weighted by Gasteiger charge is 2.21. The number of hydrogen-bond acceptors (Lipinski definition) is 4. The Kier molecular flexibility index (Phi) is 4.84. The van der Waals surface area contributed by atoms with Crippen molar-refractivity contribution >= 4 is 11.6 Å². The summed E-state index contributed by atoms with van der Waals surface area (Å²) in [7, 11) is 0. The van der Waals surface area contributed by atoms with Gasteiger partial charge in [0.1, 0.15) is 11.5 Å². The lowest BCUT2D eigenvalue weighted by atomic mass is 10.2. The van der Waals surface area contributed by atoms with Crippen LogP contribution in [0.5, 0.6) is 0 Å². The quantitative estimate of drug-likeness (QED) is 0.921. The van der Waals surface area contributed by atoms with Crippen LogP contribution in [-0.4, -0.2) is 26.8 Å². The Bertz CT molecular complexity index is 606. The van der Waals surface area contributed by atoms with E-state index in [1.165, 1.54) is 4.68 Å². The summed E-state index contributed by atoms with van der Waals surface area (Å²) in [5.74, 6) is -0.711. The highest BCUT2D eigenvalue weighted by atomic mass is 35.5. The molecule has 0 bridgehead atoms. The molecule has 1 aromatic heterocycles. The Morgan fingerprint density at radius 1 is 1.29 bits per heavy atom. The van der Waals surface area contributed by atoms with Crippen molar-refractivity contribution in [1.29, 1.82) is 0 Å². The number of rotatable bonds is 5. The van der Waals surface area contributed by atoms with E-state index >= 15 is 0 Å². The second-order valence-electron chi connectivity index (χ2n) is 5.19. The molecule has 1 atom stereocenters. The van der Waals surface area contributed by atoms with E-state index in [1.807, 2.05) is 6.92 Å². The zero-order valence-corrected chi connectivity index (χ0v) is 12.7. The van der Waals surface area contributed by atoms with Crippen LogP contribution in [0.1, 0.15) is 32.6 Å². The minimum Gasteiger partial charge on any atom is -0.307 e. The Hall–Kier alpha value is -1.60. The predicted molar refractivity (Wildman–Crippen MR) is 75.3 cm³/mol. The first-order valence-corrected chi connectivity index (χ1v) is 6.94. The molecule has 21 heavy (non-hydrogen) atoms. The number of halogens is 3. The van der Waals surface area contributed by atoms with E-state index in [4.69, 9.17) is 11.6 Å². The number of tetrazole rings is 1. The Balaban J connectivity index is 2.37. The molecule has 0 saturated carbocycles. The predicted octanol–water partition coefficient (Wildman–Crippen LogP) is 2.90. The third kappa shape index (κ3) is 3.54. The summed E-state index contributed by atoms with van der Waals surface area (Å²) in [6.07, 6.45) is 0. The van der Waals surface area contributed by atoms with Crippen molar-refractivity contribution in [2.75, 3.05) is 6.54 Å². The molecule has 0 radical (unpaired) electrons. The largest absolute Gasteiger partial charge is 0.307 e. The smallest absolute Gasteiger partial charge is 0.173 e. The Labute approximate surface area is 126 Å². The van der Waals surface area contributed by atoms with E-state index in [0.717, 1.165) is 18.7 Å². The maximum Gasteiger partial charge on any atom is 0.173 e. The summed E-state index contributed by atoms with van der Waals surface area (Å²) in [4.78, 5) is 0. The lowest BCUT2D eigenvalue weighted by Crippen LogP contribution is -2.26. The fourth-order valence-electron chi connectivity index (χ4n) is 1.86. The van der Waals surface area contributed by atoms with Crippen LogP contribution in [0, 0.1) is 17.6 Å². The van der Waals surface area contributed by atoms with Crippen LogP contribution in [0.3, 0.4) is 0 Å². The summed E-state index contributed by atoms with van der Waals surface area (Å²) in [6.45, 7) is 6.76. The molecule has 1 heterocycles. The molecule has 0 amide bonds. The molecule has 0 saturated heterocycles. The topological polar surface area (TPSA) is 55.6 Å². The molecule has 0 spiro atoms. The Morgan fingerprint density at radius 3 is 2.62 bits per heavy atom. The fourth-order valence-corrected chi connectivity index (χ4v) is 2.14. The maximum atomic E-state index is 14.0. The number of nitrogens with one attached hydrogen (secondary N) is 1. The van der Waals surface area contributed by atoms with Gasteiger partial charge in [0.15, 0.2) is 11.6 Å². The highest BCUT2D eigenvalue weighted by Crippen LogP contribution is 2.26. The molecular formula is C13H16ClF2N5.